The van der Waals surface area contributed by atoms with E-state index in [1.165, 1.54) is 59.6 Å². The van der Waals surface area contributed by atoms with Gasteiger partial charge in [0.25, 0.3) is 0 Å². The summed E-state index contributed by atoms with van der Waals surface area (Å²) in [5, 5.41) is 14.5. The monoisotopic (exact) mass is 551 g/mol. The molecule has 0 bridgehead atoms. The van der Waals surface area contributed by atoms with Gasteiger partial charge in [-0.25, -0.2) is 9.97 Å². The van der Waals surface area contributed by atoms with Crippen molar-refractivity contribution >= 4 is 56.8 Å². The van der Waals surface area contributed by atoms with Crippen molar-refractivity contribution in [1.29, 1.82) is 0 Å². The molecule has 1 fully saturated rings. The number of carbonyl (C=O) groups is 1. The molecule has 1 saturated carbocycles. The first-order chi connectivity index (χ1) is 18.2. The third-order valence-electron chi connectivity index (χ3n) is 6.92. The van der Waals surface area contributed by atoms with Crippen molar-refractivity contribution in [3.05, 3.63) is 46.6 Å². The number of nitrogen functional groups attached to an aromatic ring is 1. The van der Waals surface area contributed by atoms with Crippen molar-refractivity contribution in [3.8, 4) is 5.69 Å². The number of aryl methyl sites for hydroxylation is 2. The number of thiophene rings is 1. The van der Waals surface area contributed by atoms with Crippen molar-refractivity contribution in [1.82, 2.24) is 30.0 Å². The molecule has 2 aliphatic carbocycles. The second-order valence-corrected chi connectivity index (χ2v) is 12.4. The van der Waals surface area contributed by atoms with E-state index in [2.05, 4.69) is 20.5 Å². The second-order valence-electron chi connectivity index (χ2n) is 9.48. The Kier molecular flexibility index (Phi) is 7.34. The van der Waals surface area contributed by atoms with Crippen molar-refractivity contribution in [2.24, 2.45) is 0 Å². The van der Waals surface area contributed by atoms with Crippen LogP contribution >= 0.6 is 34.9 Å². The van der Waals surface area contributed by atoms with Gasteiger partial charge in [0.2, 0.25) is 5.91 Å². The molecule has 0 spiro atoms. The highest BCUT2D eigenvalue weighted by Gasteiger charge is 2.23. The summed E-state index contributed by atoms with van der Waals surface area (Å²) in [4.78, 5) is 24.4. The number of anilines is 1. The third-order valence-corrected chi connectivity index (χ3v) is 9.88. The molecule has 1 amide bonds. The number of hydrogen-bond acceptors (Lipinski definition) is 9. The number of nitrogens with zero attached hydrogens (tertiary/aromatic N) is 5. The van der Waals surface area contributed by atoms with Crippen LogP contribution in [0.15, 0.2) is 40.6 Å². The Morgan fingerprint density at radius 1 is 1.05 bits per heavy atom. The van der Waals surface area contributed by atoms with Gasteiger partial charge in [0.05, 0.1) is 16.9 Å². The van der Waals surface area contributed by atoms with Crippen LogP contribution in [0.1, 0.15) is 54.8 Å². The maximum absolute atomic E-state index is 12.6. The molecule has 0 saturated heterocycles. The summed E-state index contributed by atoms with van der Waals surface area (Å²) < 4.78 is 2.02. The van der Waals surface area contributed by atoms with Crippen molar-refractivity contribution in [3.63, 3.8) is 0 Å². The first-order valence-corrected chi connectivity index (χ1v) is 15.6. The summed E-state index contributed by atoms with van der Waals surface area (Å²) in [5.41, 5.74) is 8.67. The van der Waals surface area contributed by atoms with Crippen LogP contribution in [0.3, 0.4) is 0 Å². The third kappa shape index (κ3) is 5.35. The average Bonchev–Trinajstić information content (AvgIpc) is 3.62. The van der Waals surface area contributed by atoms with Gasteiger partial charge >= 0.3 is 0 Å². The predicted molar refractivity (Wildman–Crippen MR) is 151 cm³/mol. The van der Waals surface area contributed by atoms with Crippen LogP contribution < -0.4 is 11.1 Å². The summed E-state index contributed by atoms with van der Waals surface area (Å²) >= 11 is 4.67. The highest BCUT2D eigenvalue weighted by Crippen LogP contribution is 2.39. The number of fused-ring (bicyclic) bond motifs is 3. The van der Waals surface area contributed by atoms with Gasteiger partial charge in [-0.15, -0.1) is 21.5 Å². The van der Waals surface area contributed by atoms with Gasteiger partial charge in [-0.1, -0.05) is 61.0 Å². The number of amides is 1. The van der Waals surface area contributed by atoms with E-state index >= 15 is 0 Å². The van der Waals surface area contributed by atoms with E-state index in [0.29, 0.717) is 33.7 Å². The molecule has 8 nitrogen and oxygen atoms in total. The molecule has 0 atom stereocenters. The first kappa shape index (κ1) is 24.7. The molecule has 3 heterocycles. The van der Waals surface area contributed by atoms with Crippen molar-refractivity contribution < 1.29 is 4.79 Å². The molecule has 192 valence electrons. The number of nitrogens with one attached hydrogen (secondary N) is 1. The Morgan fingerprint density at radius 2 is 1.89 bits per heavy atom. The van der Waals surface area contributed by atoms with Gasteiger partial charge in [0, 0.05) is 16.6 Å². The zero-order chi connectivity index (χ0) is 25.2. The number of benzene rings is 1. The van der Waals surface area contributed by atoms with Gasteiger partial charge in [0.15, 0.2) is 10.3 Å². The lowest BCUT2D eigenvalue weighted by molar-refractivity contribution is -0.119. The molecule has 3 aromatic heterocycles. The molecule has 2 aliphatic rings. The van der Waals surface area contributed by atoms with Crippen LogP contribution in [0.4, 0.5) is 5.82 Å². The molecular formula is C26H29N7OS3. The maximum atomic E-state index is 12.6. The summed E-state index contributed by atoms with van der Waals surface area (Å²) in [5.74, 6) is 2.25. The largest absolute Gasteiger partial charge is 0.383 e. The smallest absolute Gasteiger partial charge is 0.230 e. The maximum Gasteiger partial charge on any atom is 0.230 e. The average molecular weight is 552 g/mol. The Morgan fingerprint density at radius 3 is 2.73 bits per heavy atom. The molecule has 37 heavy (non-hydrogen) atoms. The van der Waals surface area contributed by atoms with Crippen LogP contribution in [0.5, 0.6) is 0 Å². The number of nitrogens with two attached hydrogens (primary N) is 1. The normalized spacial score (nSPS) is 15.8. The van der Waals surface area contributed by atoms with E-state index in [9.17, 15) is 4.79 Å². The summed E-state index contributed by atoms with van der Waals surface area (Å²) in [6.45, 7) is 0. The van der Waals surface area contributed by atoms with Crippen LogP contribution in [-0.4, -0.2) is 42.4 Å². The van der Waals surface area contributed by atoms with Gasteiger partial charge in [-0.05, 0) is 49.8 Å². The minimum atomic E-state index is 0.0514. The number of hydrogen-bond donors (Lipinski definition) is 2. The van der Waals surface area contributed by atoms with E-state index < -0.39 is 0 Å². The molecule has 1 aromatic carbocycles. The van der Waals surface area contributed by atoms with Gasteiger partial charge in [-0.3, -0.25) is 9.36 Å². The standard InChI is InChI=1S/C26H29N7OS3/c27-23-22-18-12-7-13-19(18)37-24(22)30-25(29-23)35-14-20-31-32-26(33(20)17-10-5-2-6-11-17)36-15-21(34)28-16-8-3-1-4-9-16/h2,5-6,10-11,16H,1,3-4,7-9,12-15H2,(H,28,34)(H2,27,29,30). The fourth-order valence-corrected chi connectivity index (χ4v) is 8.04. The molecule has 0 unspecified atom stereocenters. The Balaban J connectivity index is 1.19. The number of para-hydroxylation sites is 1. The lowest BCUT2D eigenvalue weighted by Crippen LogP contribution is -2.37. The number of rotatable bonds is 8. The quantitative estimate of drug-likeness (QED) is 0.228. The van der Waals surface area contributed by atoms with Gasteiger partial charge < -0.3 is 11.1 Å². The van der Waals surface area contributed by atoms with Crippen LogP contribution in [0, 0.1) is 0 Å². The van der Waals surface area contributed by atoms with Crippen molar-refractivity contribution in [2.45, 2.75) is 73.5 Å². The molecular weight excluding hydrogens is 523 g/mol. The fraction of sp³-hybridized carbons (Fsp3) is 0.423. The Hall–Kier alpha value is -2.63. The Labute approximate surface area is 228 Å². The highest BCUT2D eigenvalue weighted by molar-refractivity contribution is 7.99. The first-order valence-electron chi connectivity index (χ1n) is 12.8. The molecule has 0 radical (unpaired) electrons. The van der Waals surface area contributed by atoms with E-state index in [1.807, 2.05) is 34.9 Å². The summed E-state index contributed by atoms with van der Waals surface area (Å²) in [7, 11) is 0. The van der Waals surface area contributed by atoms with Crippen LogP contribution in [0.25, 0.3) is 15.9 Å². The topological polar surface area (TPSA) is 112 Å². The van der Waals surface area contributed by atoms with Gasteiger partial charge in [0.1, 0.15) is 16.5 Å². The number of carbonyl (C=O) groups excluding carboxylic acids is 1. The van der Waals surface area contributed by atoms with Crippen LogP contribution in [-0.2, 0) is 23.4 Å². The second kappa shape index (κ2) is 11.0. The molecule has 11 heteroatoms. The number of thioether (sulfide) groups is 2. The van der Waals surface area contributed by atoms with E-state index in [0.717, 1.165) is 47.4 Å². The van der Waals surface area contributed by atoms with E-state index in [4.69, 9.17) is 10.7 Å². The summed E-state index contributed by atoms with van der Waals surface area (Å²) in [6.07, 6.45) is 9.16. The minimum absolute atomic E-state index is 0.0514. The summed E-state index contributed by atoms with van der Waals surface area (Å²) in [6, 6.07) is 10.3. The minimum Gasteiger partial charge on any atom is -0.383 e. The molecule has 6 rings (SSSR count). The molecule has 3 N–H and O–H groups in total. The zero-order valence-corrected chi connectivity index (χ0v) is 22.9. The zero-order valence-electron chi connectivity index (χ0n) is 20.5. The molecule has 0 aliphatic heterocycles. The lowest BCUT2D eigenvalue weighted by Gasteiger charge is -2.22. The van der Waals surface area contributed by atoms with E-state index in [1.54, 1.807) is 11.3 Å². The van der Waals surface area contributed by atoms with Gasteiger partial charge in [-0.2, -0.15) is 0 Å². The predicted octanol–water partition coefficient (Wildman–Crippen LogP) is 5.18. The van der Waals surface area contributed by atoms with Crippen molar-refractivity contribution in [2.75, 3.05) is 11.5 Å². The SMILES string of the molecule is Nc1nc(SCc2nnc(SCC(=O)NC3CCCCC3)n2-c2ccccc2)nc2sc3c(c12)CCC3. The fourth-order valence-electron chi connectivity index (χ4n) is 5.17. The highest BCUT2D eigenvalue weighted by atomic mass is 32.2. The Bertz CT molecular complexity index is 1410. The number of aromatic nitrogens is 5. The molecule has 4 aromatic rings. The van der Waals surface area contributed by atoms with Crippen LogP contribution in [0.2, 0.25) is 0 Å². The van der Waals surface area contributed by atoms with E-state index in [-0.39, 0.29) is 5.91 Å². The lowest BCUT2D eigenvalue weighted by atomic mass is 9.95.